The second-order valence-corrected chi connectivity index (χ2v) is 6.62. The molecule has 142 valence electrons. The molecule has 28 heavy (non-hydrogen) atoms. The molecule has 0 atom stereocenters. The van der Waals surface area contributed by atoms with Gasteiger partial charge >= 0.3 is 5.97 Å². The van der Waals surface area contributed by atoms with E-state index in [1.165, 1.54) is 30.6 Å². The molecule has 1 heterocycles. The summed E-state index contributed by atoms with van der Waals surface area (Å²) < 4.78 is 15.9. The molecule has 0 spiro atoms. The maximum atomic E-state index is 12.7. The lowest BCUT2D eigenvalue weighted by Gasteiger charge is -2.10. The zero-order valence-corrected chi connectivity index (χ0v) is 16.2. The molecule has 5 nitrogen and oxygen atoms in total. The Morgan fingerprint density at radius 1 is 0.929 bits per heavy atom. The Morgan fingerprint density at radius 2 is 1.75 bits per heavy atom. The molecule has 1 aromatic heterocycles. The Morgan fingerprint density at radius 3 is 2.46 bits per heavy atom. The largest absolute Gasteiger partial charge is 0.497 e. The third kappa shape index (κ3) is 4.47. The van der Waals surface area contributed by atoms with Crippen LogP contribution in [-0.4, -0.2) is 26.0 Å². The quantitative estimate of drug-likeness (QED) is 0.247. The number of rotatable bonds is 7. The van der Waals surface area contributed by atoms with Crippen molar-refractivity contribution in [2.45, 2.75) is 0 Å². The fourth-order valence-corrected chi connectivity index (χ4v) is 3.12. The maximum Gasteiger partial charge on any atom is 0.353 e. The predicted octanol–water partition coefficient (Wildman–Crippen LogP) is 4.88. The Labute approximate surface area is 166 Å². The minimum atomic E-state index is -0.522. The lowest BCUT2D eigenvalue weighted by atomic mass is 10.1. The van der Waals surface area contributed by atoms with E-state index in [-0.39, 0.29) is 17.1 Å². The highest BCUT2D eigenvalue weighted by molar-refractivity contribution is 7.12. The van der Waals surface area contributed by atoms with Crippen molar-refractivity contribution in [1.82, 2.24) is 0 Å². The van der Waals surface area contributed by atoms with E-state index in [1.54, 1.807) is 42.8 Å². The second kappa shape index (κ2) is 9.01. The SMILES string of the molecule is COc1ccc(C(=O)/C=C/c2ccccc2OC)c(OC(=O)c2cccs2)c1. The Kier molecular flexibility index (Phi) is 6.24. The molecule has 3 rings (SSSR count). The molecular formula is C22H18O5S. The predicted molar refractivity (Wildman–Crippen MR) is 109 cm³/mol. The van der Waals surface area contributed by atoms with Crippen LogP contribution in [0.4, 0.5) is 0 Å². The lowest BCUT2D eigenvalue weighted by Crippen LogP contribution is -2.10. The summed E-state index contributed by atoms with van der Waals surface area (Å²) in [7, 11) is 3.07. The van der Waals surface area contributed by atoms with Gasteiger partial charge in [0.05, 0.1) is 19.8 Å². The number of ether oxygens (including phenoxy) is 3. The number of carbonyl (C=O) groups excluding carboxylic acids is 2. The highest BCUT2D eigenvalue weighted by atomic mass is 32.1. The van der Waals surface area contributed by atoms with Crippen molar-refractivity contribution in [2.75, 3.05) is 14.2 Å². The molecule has 0 saturated heterocycles. The van der Waals surface area contributed by atoms with Crippen LogP contribution in [0, 0.1) is 0 Å². The van der Waals surface area contributed by atoms with Gasteiger partial charge < -0.3 is 14.2 Å². The number of ketones is 1. The summed E-state index contributed by atoms with van der Waals surface area (Å²) in [4.78, 5) is 25.5. The van der Waals surface area contributed by atoms with E-state index in [1.807, 2.05) is 24.3 Å². The summed E-state index contributed by atoms with van der Waals surface area (Å²) in [6.07, 6.45) is 3.08. The van der Waals surface area contributed by atoms with Crippen molar-refractivity contribution in [3.05, 3.63) is 82.1 Å². The Hall–Kier alpha value is -3.38. The number of benzene rings is 2. The van der Waals surface area contributed by atoms with Crippen LogP contribution >= 0.6 is 11.3 Å². The summed E-state index contributed by atoms with van der Waals surface area (Å²) in [6.45, 7) is 0. The minimum absolute atomic E-state index is 0.146. The first-order valence-corrected chi connectivity index (χ1v) is 9.29. The van der Waals surface area contributed by atoms with E-state index in [2.05, 4.69) is 0 Å². The average Bonchev–Trinajstić information content (AvgIpc) is 3.27. The summed E-state index contributed by atoms with van der Waals surface area (Å²) in [5.74, 6) is 0.464. The molecule has 0 N–H and O–H groups in total. The third-order valence-electron chi connectivity index (χ3n) is 3.93. The van der Waals surface area contributed by atoms with Gasteiger partial charge in [-0.05, 0) is 41.8 Å². The van der Waals surface area contributed by atoms with Gasteiger partial charge in [0.25, 0.3) is 0 Å². The number of thiophene rings is 1. The summed E-state index contributed by atoms with van der Waals surface area (Å²) in [6, 6.07) is 15.5. The first-order valence-electron chi connectivity index (χ1n) is 8.41. The Bertz CT molecular complexity index is 1010. The van der Waals surface area contributed by atoms with Gasteiger partial charge in [-0.3, -0.25) is 4.79 Å². The maximum absolute atomic E-state index is 12.7. The standard InChI is InChI=1S/C22H18O5S/c1-25-16-10-11-17(20(14-16)27-22(24)21-8-5-13-28-21)18(23)12-9-15-6-3-4-7-19(15)26-2/h3-14H,1-2H3/b12-9+. The first kappa shape index (κ1) is 19.4. The zero-order valence-electron chi connectivity index (χ0n) is 15.4. The molecule has 0 unspecified atom stereocenters. The number of carbonyl (C=O) groups is 2. The molecule has 0 aliphatic rings. The molecule has 0 aliphatic heterocycles. The molecule has 0 saturated carbocycles. The summed E-state index contributed by atoms with van der Waals surface area (Å²) in [5.41, 5.74) is 1.03. The molecule has 2 aromatic carbocycles. The van der Waals surface area contributed by atoms with E-state index in [4.69, 9.17) is 14.2 Å². The highest BCUT2D eigenvalue weighted by Crippen LogP contribution is 2.28. The topological polar surface area (TPSA) is 61.8 Å². The van der Waals surface area contributed by atoms with Crippen molar-refractivity contribution >= 4 is 29.2 Å². The first-order chi connectivity index (χ1) is 13.6. The molecule has 0 radical (unpaired) electrons. The number of para-hydroxylation sites is 1. The van der Waals surface area contributed by atoms with E-state index < -0.39 is 5.97 Å². The summed E-state index contributed by atoms with van der Waals surface area (Å²) in [5, 5.41) is 1.78. The van der Waals surface area contributed by atoms with Crippen molar-refractivity contribution in [1.29, 1.82) is 0 Å². The average molecular weight is 394 g/mol. The number of methoxy groups -OCH3 is 2. The van der Waals surface area contributed by atoms with Crippen molar-refractivity contribution in [3.8, 4) is 17.2 Å². The fraction of sp³-hybridized carbons (Fsp3) is 0.0909. The van der Waals surface area contributed by atoms with Crippen LogP contribution in [0.5, 0.6) is 17.2 Å². The van der Waals surface area contributed by atoms with Gasteiger partial charge in [-0.15, -0.1) is 11.3 Å². The van der Waals surface area contributed by atoms with Gasteiger partial charge in [0, 0.05) is 11.6 Å². The van der Waals surface area contributed by atoms with Crippen molar-refractivity contribution < 1.29 is 23.8 Å². The molecule has 0 bridgehead atoms. The number of esters is 1. The second-order valence-electron chi connectivity index (χ2n) is 5.67. The van der Waals surface area contributed by atoms with Gasteiger partial charge in [0.2, 0.25) is 0 Å². The van der Waals surface area contributed by atoms with E-state index in [0.717, 1.165) is 5.56 Å². The normalized spacial score (nSPS) is 10.6. The van der Waals surface area contributed by atoms with Crippen LogP contribution < -0.4 is 14.2 Å². The van der Waals surface area contributed by atoms with Gasteiger partial charge in [0.15, 0.2) is 5.78 Å². The van der Waals surface area contributed by atoms with Crippen LogP contribution in [-0.2, 0) is 0 Å². The number of hydrogen-bond donors (Lipinski definition) is 0. The van der Waals surface area contributed by atoms with Crippen LogP contribution in [0.2, 0.25) is 0 Å². The summed E-state index contributed by atoms with van der Waals surface area (Å²) >= 11 is 1.27. The van der Waals surface area contributed by atoms with Crippen LogP contribution in [0.3, 0.4) is 0 Å². The van der Waals surface area contributed by atoms with E-state index >= 15 is 0 Å². The number of allylic oxidation sites excluding steroid dienone is 1. The molecule has 6 heteroatoms. The molecule has 3 aromatic rings. The number of hydrogen-bond acceptors (Lipinski definition) is 6. The minimum Gasteiger partial charge on any atom is -0.497 e. The van der Waals surface area contributed by atoms with Crippen LogP contribution in [0.15, 0.2) is 66.1 Å². The van der Waals surface area contributed by atoms with E-state index in [9.17, 15) is 9.59 Å². The third-order valence-corrected chi connectivity index (χ3v) is 4.78. The van der Waals surface area contributed by atoms with Crippen LogP contribution in [0.1, 0.15) is 25.6 Å². The molecule has 0 amide bonds. The zero-order chi connectivity index (χ0) is 19.9. The monoisotopic (exact) mass is 394 g/mol. The molecule has 0 fully saturated rings. The smallest absolute Gasteiger partial charge is 0.353 e. The lowest BCUT2D eigenvalue weighted by molar-refractivity contribution is 0.0738. The fourth-order valence-electron chi connectivity index (χ4n) is 2.52. The highest BCUT2D eigenvalue weighted by Gasteiger charge is 2.17. The van der Waals surface area contributed by atoms with Crippen LogP contribution in [0.25, 0.3) is 6.08 Å². The van der Waals surface area contributed by atoms with Crippen molar-refractivity contribution in [2.24, 2.45) is 0 Å². The van der Waals surface area contributed by atoms with Gasteiger partial charge in [0.1, 0.15) is 22.1 Å². The Balaban J connectivity index is 1.88. The molecule has 0 aliphatic carbocycles. The molecular weight excluding hydrogens is 376 g/mol. The van der Waals surface area contributed by atoms with Gasteiger partial charge in [-0.25, -0.2) is 4.79 Å². The van der Waals surface area contributed by atoms with Gasteiger partial charge in [-0.1, -0.05) is 24.3 Å². The van der Waals surface area contributed by atoms with E-state index in [0.29, 0.717) is 16.4 Å². The van der Waals surface area contributed by atoms with Gasteiger partial charge in [-0.2, -0.15) is 0 Å². The van der Waals surface area contributed by atoms with Crippen molar-refractivity contribution in [3.63, 3.8) is 0 Å².